The number of aliphatic hydroxyl groups excluding tert-OH is 2. The van der Waals surface area contributed by atoms with E-state index in [0.717, 1.165) is 13.2 Å². The van der Waals surface area contributed by atoms with Gasteiger partial charge in [0.15, 0.2) is 0 Å². The van der Waals surface area contributed by atoms with Gasteiger partial charge in [0.25, 0.3) is 0 Å². The van der Waals surface area contributed by atoms with E-state index < -0.39 is 0 Å². The van der Waals surface area contributed by atoms with E-state index in [4.69, 9.17) is 14.9 Å². The van der Waals surface area contributed by atoms with Gasteiger partial charge in [-0.05, 0) is 12.8 Å². The number of aliphatic hydroxyl groups is 2. The van der Waals surface area contributed by atoms with E-state index in [-0.39, 0.29) is 51.0 Å². The van der Waals surface area contributed by atoms with E-state index in [0.29, 0.717) is 5.92 Å². The first-order valence-corrected chi connectivity index (χ1v) is 3.98. The third kappa shape index (κ3) is 30.4. The summed E-state index contributed by atoms with van der Waals surface area (Å²) in [7, 11) is 0. The molecule has 74 valence electrons. The molecule has 0 heterocycles. The molecule has 0 fully saturated rings. The van der Waals surface area contributed by atoms with Crippen molar-refractivity contribution in [3.05, 3.63) is 0 Å². The molecule has 0 spiro atoms. The van der Waals surface area contributed by atoms with Crippen molar-refractivity contribution in [3.63, 3.8) is 0 Å². The molecule has 0 bridgehead atoms. The molecule has 0 unspecified atom stereocenters. The van der Waals surface area contributed by atoms with Crippen LogP contribution < -0.4 is 0 Å². The van der Waals surface area contributed by atoms with Crippen LogP contribution in [0.15, 0.2) is 0 Å². The van der Waals surface area contributed by atoms with Crippen LogP contribution in [0.2, 0.25) is 0 Å². The summed E-state index contributed by atoms with van der Waals surface area (Å²) in [5, 5.41) is 15.2. The van der Waals surface area contributed by atoms with Gasteiger partial charge in [0.1, 0.15) is 0 Å². The van der Waals surface area contributed by atoms with Gasteiger partial charge >= 0.3 is 37.7 Å². The molecule has 4 heteroatoms. The van der Waals surface area contributed by atoms with Crippen LogP contribution in [0.1, 0.15) is 20.8 Å². The van der Waals surface area contributed by atoms with Gasteiger partial charge in [0, 0.05) is 13.2 Å². The third-order valence-electron chi connectivity index (χ3n) is 0.755. The maximum absolute atomic E-state index is 7.62. The van der Waals surface area contributed by atoms with Crippen molar-refractivity contribution < 1.29 is 14.9 Å². The summed E-state index contributed by atoms with van der Waals surface area (Å²) in [5.74, 6) is 0.681. The first-order valence-electron chi connectivity index (χ1n) is 3.98. The zero-order valence-corrected chi connectivity index (χ0v) is 7.71. The second kappa shape index (κ2) is 18.0. The van der Waals surface area contributed by atoms with Crippen molar-refractivity contribution >= 4 is 37.7 Å². The van der Waals surface area contributed by atoms with Gasteiger partial charge in [-0.2, -0.15) is 0 Å². The van der Waals surface area contributed by atoms with E-state index in [1.165, 1.54) is 0 Å². The quantitative estimate of drug-likeness (QED) is 0.623. The molecule has 0 rings (SSSR count). The molecule has 0 atom stereocenters. The fourth-order valence-corrected chi connectivity index (χ4v) is 0.354. The Bertz CT molecular complexity index is 58.3. The maximum atomic E-state index is 7.62. The van der Waals surface area contributed by atoms with Crippen LogP contribution in [0.4, 0.5) is 0 Å². The van der Waals surface area contributed by atoms with Crippen LogP contribution in [0.3, 0.4) is 0 Å². The Labute approximate surface area is 105 Å². The molecule has 0 amide bonds. The van der Waals surface area contributed by atoms with E-state index in [1.807, 2.05) is 6.92 Å². The summed E-state index contributed by atoms with van der Waals surface area (Å²) in [6, 6.07) is 0. The van der Waals surface area contributed by atoms with E-state index >= 15 is 0 Å². The van der Waals surface area contributed by atoms with Crippen molar-refractivity contribution in [1.82, 2.24) is 0 Å². The summed E-state index contributed by atoms with van der Waals surface area (Å²) in [4.78, 5) is 0. The van der Waals surface area contributed by atoms with Crippen molar-refractivity contribution in [2.45, 2.75) is 20.8 Å². The summed E-state index contributed by atoms with van der Waals surface area (Å²) < 4.78 is 5.09. The van der Waals surface area contributed by atoms with Crippen LogP contribution >= 0.6 is 0 Å². The van der Waals surface area contributed by atoms with Gasteiger partial charge in [0.05, 0.1) is 13.2 Å². The van der Waals surface area contributed by atoms with Crippen molar-refractivity contribution in [3.8, 4) is 0 Å². The Morgan fingerprint density at radius 2 is 1.58 bits per heavy atom. The Kier molecular flexibility index (Phi) is 28.3. The average molecular weight is 206 g/mol. The molecule has 0 aromatic heterocycles. The van der Waals surface area contributed by atoms with Gasteiger partial charge in [0.2, 0.25) is 0 Å². The van der Waals surface area contributed by atoms with Gasteiger partial charge in [-0.1, -0.05) is 13.8 Å². The Balaban J connectivity index is -0.000000142. The fourth-order valence-electron chi connectivity index (χ4n) is 0.354. The molecular weight excluding hydrogens is 184 g/mol. The van der Waals surface area contributed by atoms with E-state index in [9.17, 15) is 0 Å². The number of ether oxygens (including phenoxy) is 1. The normalized spacial score (nSPS) is 8.50. The van der Waals surface area contributed by atoms with Gasteiger partial charge < -0.3 is 14.9 Å². The molecule has 0 aromatic carbocycles. The van der Waals surface area contributed by atoms with E-state index in [2.05, 4.69) is 13.8 Å². The molecule has 2 N–H and O–H groups in total. The molecule has 12 heavy (non-hydrogen) atoms. The Hall–Kier alpha value is 1.14. The van der Waals surface area contributed by atoms with Crippen molar-refractivity contribution in [2.24, 2.45) is 5.92 Å². The van der Waals surface area contributed by atoms with Gasteiger partial charge in [-0.3, -0.25) is 0 Å². The minimum absolute atomic E-state index is 0. The third-order valence-corrected chi connectivity index (χ3v) is 0.755. The summed E-state index contributed by atoms with van der Waals surface area (Å²) in [6.45, 7) is 7.81. The SMILES string of the molecule is CCOCC(C)C.OCCO.[CaH2]. The average Bonchev–Trinajstić information content (AvgIpc) is 2.01. The molecule has 0 aliphatic rings. The van der Waals surface area contributed by atoms with Crippen LogP contribution in [0.25, 0.3) is 0 Å². The molecule has 0 aliphatic carbocycles. The van der Waals surface area contributed by atoms with Crippen molar-refractivity contribution in [2.75, 3.05) is 26.4 Å². The van der Waals surface area contributed by atoms with Crippen LogP contribution in [-0.2, 0) is 4.74 Å². The Morgan fingerprint density at radius 1 is 1.17 bits per heavy atom. The second-order valence-corrected chi connectivity index (χ2v) is 2.50. The fraction of sp³-hybridized carbons (Fsp3) is 1.00. The first-order chi connectivity index (χ1) is 5.18. The molecule has 0 aliphatic heterocycles. The van der Waals surface area contributed by atoms with Gasteiger partial charge in [-0.15, -0.1) is 0 Å². The monoisotopic (exact) mass is 206 g/mol. The van der Waals surface area contributed by atoms with Crippen LogP contribution in [-0.4, -0.2) is 74.4 Å². The number of rotatable bonds is 4. The minimum atomic E-state index is -0.125. The predicted octanol–water partition coefficient (Wildman–Crippen LogP) is -0.266. The zero-order valence-electron chi connectivity index (χ0n) is 7.71. The summed E-state index contributed by atoms with van der Waals surface area (Å²) in [5.41, 5.74) is 0. The molecule has 0 saturated heterocycles. The summed E-state index contributed by atoms with van der Waals surface area (Å²) >= 11 is 0. The van der Waals surface area contributed by atoms with Gasteiger partial charge in [-0.25, -0.2) is 0 Å². The Morgan fingerprint density at radius 3 is 1.67 bits per heavy atom. The number of hydrogen-bond acceptors (Lipinski definition) is 3. The molecular formula is C8H22CaO3. The first kappa shape index (κ1) is 18.8. The van der Waals surface area contributed by atoms with Crippen LogP contribution in [0, 0.1) is 5.92 Å². The second-order valence-electron chi connectivity index (χ2n) is 2.50. The zero-order chi connectivity index (χ0) is 9.11. The molecule has 3 nitrogen and oxygen atoms in total. The predicted molar refractivity (Wildman–Crippen MR) is 54.0 cm³/mol. The van der Waals surface area contributed by atoms with Crippen LogP contribution in [0.5, 0.6) is 0 Å². The summed E-state index contributed by atoms with van der Waals surface area (Å²) in [6.07, 6.45) is 0. The standard InChI is InChI=1S/C6H14O.C2H6O2.Ca.2H/c1-4-7-5-6(2)3;3-1-2-4;;;/h6H,4-5H2,1-3H3;3-4H,1-2H2;;;. The molecule has 0 saturated carbocycles. The molecule has 0 aromatic rings. The topological polar surface area (TPSA) is 49.7 Å². The number of hydrogen-bond donors (Lipinski definition) is 2. The van der Waals surface area contributed by atoms with Crippen molar-refractivity contribution in [1.29, 1.82) is 0 Å². The molecule has 0 radical (unpaired) electrons. The van der Waals surface area contributed by atoms with E-state index in [1.54, 1.807) is 0 Å².